The van der Waals surface area contributed by atoms with Gasteiger partial charge < -0.3 is 14.8 Å². The van der Waals surface area contributed by atoms with E-state index in [1.54, 1.807) is 15.3 Å². The summed E-state index contributed by atoms with van der Waals surface area (Å²) >= 11 is 3.67. The van der Waals surface area contributed by atoms with E-state index < -0.39 is 6.04 Å². The Morgan fingerprint density at radius 2 is 1.81 bits per heavy atom. The highest BCUT2D eigenvalue weighted by Crippen LogP contribution is 2.44. The number of para-hydroxylation sites is 1. The minimum absolute atomic E-state index is 0.0118. The summed E-state index contributed by atoms with van der Waals surface area (Å²) < 4.78 is 0.901. The second-order valence-corrected chi connectivity index (χ2v) is 10.3. The summed E-state index contributed by atoms with van der Waals surface area (Å²) in [6.45, 7) is 0.584. The molecule has 188 valence electrons. The number of hydroxylamine groups is 1. The average molecular weight is 553 g/mol. The zero-order chi connectivity index (χ0) is 25.2. The third-order valence-electron chi connectivity index (χ3n) is 7.25. The number of unbranched alkanes of at least 4 members (excludes halogenated alkanes) is 3. The number of rotatable bonds is 8. The number of amides is 3. The highest BCUT2D eigenvalue weighted by Gasteiger charge is 2.48. The fourth-order valence-corrected chi connectivity index (χ4v) is 6.03. The summed E-state index contributed by atoms with van der Waals surface area (Å²) in [7, 11) is 0. The predicted octanol–water partition coefficient (Wildman–Crippen LogP) is 4.07. The number of aromatic nitrogens is 1. The average Bonchev–Trinajstić information content (AvgIpc) is 3.26. The van der Waals surface area contributed by atoms with Crippen molar-refractivity contribution in [1.82, 2.24) is 20.3 Å². The van der Waals surface area contributed by atoms with Gasteiger partial charge in [0.15, 0.2) is 0 Å². The fourth-order valence-electron chi connectivity index (χ4n) is 5.53. The quantitative estimate of drug-likeness (QED) is 0.222. The van der Waals surface area contributed by atoms with Crippen LogP contribution in [-0.4, -0.2) is 56.8 Å². The Morgan fingerprint density at radius 1 is 1.06 bits per heavy atom. The topological polar surface area (TPSA) is 106 Å². The number of nitrogens with zero attached hydrogens (tertiary/aromatic N) is 2. The Balaban J connectivity index is 1.40. The van der Waals surface area contributed by atoms with Crippen LogP contribution in [0.4, 0.5) is 0 Å². The van der Waals surface area contributed by atoms with Crippen molar-refractivity contribution in [1.29, 1.82) is 0 Å². The molecule has 2 atom stereocenters. The monoisotopic (exact) mass is 552 g/mol. The Morgan fingerprint density at radius 3 is 2.61 bits per heavy atom. The molecule has 0 spiro atoms. The van der Waals surface area contributed by atoms with Gasteiger partial charge in [0.1, 0.15) is 6.04 Å². The summed E-state index contributed by atoms with van der Waals surface area (Å²) in [4.78, 5) is 45.5. The number of piperazine rings is 1. The van der Waals surface area contributed by atoms with Crippen molar-refractivity contribution in [3.05, 3.63) is 69.8 Å². The van der Waals surface area contributed by atoms with Crippen LogP contribution in [-0.2, 0) is 20.8 Å². The number of H-pyrrole nitrogens is 1. The second kappa shape index (κ2) is 10.4. The summed E-state index contributed by atoms with van der Waals surface area (Å²) in [5, 5.41) is 9.68. The number of benzene rings is 2. The lowest BCUT2D eigenvalue weighted by molar-refractivity contribution is -0.158. The first-order chi connectivity index (χ1) is 17.5. The molecule has 0 radical (unpaired) electrons. The van der Waals surface area contributed by atoms with Crippen LogP contribution < -0.4 is 5.48 Å². The summed E-state index contributed by atoms with van der Waals surface area (Å²) in [6.07, 6.45) is 3.86. The number of carbonyl (C=O) groups is 3. The Hall–Kier alpha value is -3.17. The minimum Gasteiger partial charge on any atom is -0.356 e. The molecule has 2 aliphatic heterocycles. The van der Waals surface area contributed by atoms with E-state index in [-0.39, 0.29) is 36.7 Å². The van der Waals surface area contributed by atoms with E-state index in [0.29, 0.717) is 19.4 Å². The number of carbonyl (C=O) groups excluding carboxylic acids is 3. The largest absolute Gasteiger partial charge is 0.356 e. The normalized spacial score (nSPS) is 19.4. The number of nitrogens with one attached hydrogen (secondary N) is 2. The van der Waals surface area contributed by atoms with Gasteiger partial charge in [-0.3, -0.25) is 19.6 Å². The molecule has 1 saturated heterocycles. The SMILES string of the molecule is O=C(CCCCCCN1CC(=O)N2[C@@H](c3ccccc3Br)c3[nH]c4ccccc4c3C[C@H]2C1=O)NO. The smallest absolute Gasteiger partial charge is 0.246 e. The molecular weight excluding hydrogens is 524 g/mol. The zero-order valence-corrected chi connectivity index (χ0v) is 21.5. The highest BCUT2D eigenvalue weighted by molar-refractivity contribution is 9.10. The molecule has 3 amide bonds. The van der Waals surface area contributed by atoms with E-state index in [2.05, 4.69) is 27.0 Å². The molecule has 3 heterocycles. The van der Waals surface area contributed by atoms with Gasteiger partial charge >= 0.3 is 0 Å². The van der Waals surface area contributed by atoms with Crippen molar-refractivity contribution < 1.29 is 19.6 Å². The van der Waals surface area contributed by atoms with Crippen molar-refractivity contribution >= 4 is 44.6 Å². The number of hydrogen-bond donors (Lipinski definition) is 3. The zero-order valence-electron chi connectivity index (χ0n) is 19.9. The van der Waals surface area contributed by atoms with Gasteiger partial charge in [-0.25, -0.2) is 5.48 Å². The Labute approximate surface area is 217 Å². The van der Waals surface area contributed by atoms with E-state index in [9.17, 15) is 14.4 Å². The molecule has 9 heteroatoms. The van der Waals surface area contributed by atoms with Gasteiger partial charge in [-0.05, 0) is 36.1 Å². The number of aromatic amines is 1. The molecule has 1 aromatic heterocycles. The summed E-state index contributed by atoms with van der Waals surface area (Å²) in [5.41, 5.74) is 5.67. The van der Waals surface area contributed by atoms with Gasteiger partial charge in [-0.2, -0.15) is 0 Å². The third kappa shape index (κ3) is 4.53. The van der Waals surface area contributed by atoms with Crippen LogP contribution in [0.25, 0.3) is 10.9 Å². The molecule has 36 heavy (non-hydrogen) atoms. The van der Waals surface area contributed by atoms with E-state index in [1.807, 2.05) is 42.5 Å². The highest BCUT2D eigenvalue weighted by atomic mass is 79.9. The van der Waals surface area contributed by atoms with Crippen LogP contribution >= 0.6 is 15.9 Å². The first-order valence-corrected chi connectivity index (χ1v) is 13.2. The molecular formula is C27H29BrN4O4. The van der Waals surface area contributed by atoms with Crippen molar-refractivity contribution in [3.8, 4) is 0 Å². The Bertz CT molecular complexity index is 1310. The maximum Gasteiger partial charge on any atom is 0.246 e. The first-order valence-electron chi connectivity index (χ1n) is 12.4. The lowest BCUT2D eigenvalue weighted by atomic mass is 9.86. The fraction of sp³-hybridized carbons (Fsp3) is 0.370. The minimum atomic E-state index is -0.552. The Kier molecular flexibility index (Phi) is 7.11. The van der Waals surface area contributed by atoms with Crippen LogP contribution in [0.5, 0.6) is 0 Å². The van der Waals surface area contributed by atoms with Crippen LogP contribution in [0.15, 0.2) is 53.0 Å². The maximum absolute atomic E-state index is 13.7. The molecule has 5 rings (SSSR count). The van der Waals surface area contributed by atoms with Gasteiger partial charge in [0, 0.05) is 40.5 Å². The van der Waals surface area contributed by atoms with E-state index >= 15 is 0 Å². The van der Waals surface area contributed by atoms with Gasteiger partial charge in [0.05, 0.1) is 12.6 Å². The molecule has 0 aliphatic carbocycles. The molecule has 8 nitrogen and oxygen atoms in total. The standard InChI is InChI=1S/C27H29BrN4O4/c28-20-11-6-4-10-18(20)26-25-19(17-9-5-7-12-21(17)29-25)15-22-27(35)31(16-24(34)32(22)26)14-8-2-1-3-13-23(33)30-36/h4-7,9-12,22,26,29,36H,1-3,8,13-16H2,(H,30,33)/t22-,26-/m0/s1. The molecule has 2 aromatic carbocycles. The van der Waals surface area contributed by atoms with Crippen LogP contribution in [0, 0.1) is 0 Å². The van der Waals surface area contributed by atoms with E-state index in [0.717, 1.165) is 51.5 Å². The molecule has 2 aliphatic rings. The summed E-state index contributed by atoms with van der Waals surface area (Å²) in [6, 6.07) is 15.0. The van der Waals surface area contributed by atoms with Gasteiger partial charge in [0.25, 0.3) is 0 Å². The number of hydrogen-bond acceptors (Lipinski definition) is 4. The molecule has 0 bridgehead atoms. The predicted molar refractivity (Wildman–Crippen MR) is 138 cm³/mol. The van der Waals surface area contributed by atoms with Crippen LogP contribution in [0.3, 0.4) is 0 Å². The number of fused-ring (bicyclic) bond motifs is 4. The van der Waals surface area contributed by atoms with Gasteiger partial charge in [0.2, 0.25) is 17.7 Å². The molecule has 3 aromatic rings. The van der Waals surface area contributed by atoms with E-state index in [1.165, 1.54) is 0 Å². The van der Waals surface area contributed by atoms with Crippen LogP contribution in [0.1, 0.15) is 55.0 Å². The maximum atomic E-state index is 13.7. The lowest BCUT2D eigenvalue weighted by Gasteiger charge is -2.47. The molecule has 1 fully saturated rings. The van der Waals surface area contributed by atoms with Gasteiger partial charge in [-0.1, -0.05) is 65.2 Å². The lowest BCUT2D eigenvalue weighted by Crippen LogP contribution is -2.63. The second-order valence-electron chi connectivity index (χ2n) is 9.47. The van der Waals surface area contributed by atoms with Crippen molar-refractivity contribution in [3.63, 3.8) is 0 Å². The van der Waals surface area contributed by atoms with Crippen LogP contribution in [0.2, 0.25) is 0 Å². The van der Waals surface area contributed by atoms with E-state index in [4.69, 9.17) is 5.21 Å². The number of halogens is 1. The molecule has 3 N–H and O–H groups in total. The van der Waals surface area contributed by atoms with Crippen molar-refractivity contribution in [2.75, 3.05) is 13.1 Å². The first kappa shape index (κ1) is 24.5. The molecule has 0 saturated carbocycles. The third-order valence-corrected chi connectivity index (χ3v) is 7.97. The van der Waals surface area contributed by atoms with Gasteiger partial charge in [-0.15, -0.1) is 0 Å². The summed E-state index contributed by atoms with van der Waals surface area (Å²) in [5.74, 6) is -0.452. The van der Waals surface area contributed by atoms with Crippen molar-refractivity contribution in [2.45, 2.75) is 50.6 Å². The molecule has 0 unspecified atom stereocenters. The van der Waals surface area contributed by atoms with Crippen molar-refractivity contribution in [2.24, 2.45) is 0 Å².